The summed E-state index contributed by atoms with van der Waals surface area (Å²) in [6.07, 6.45) is 0. The number of rotatable bonds is 4. The smallest absolute Gasteiger partial charge is 0.122 e. The van der Waals surface area contributed by atoms with Crippen LogP contribution in [0, 0.1) is 0 Å². The van der Waals surface area contributed by atoms with Gasteiger partial charge in [0.05, 0.1) is 7.37 Å². The van der Waals surface area contributed by atoms with Crippen LogP contribution in [0.5, 0.6) is 0 Å². The van der Waals surface area contributed by atoms with Crippen molar-refractivity contribution in [1.82, 2.24) is 0 Å². The molecule has 0 bridgehead atoms. The van der Waals surface area contributed by atoms with Crippen molar-refractivity contribution in [3.63, 3.8) is 0 Å². The maximum atomic E-state index is 12.2. The van der Waals surface area contributed by atoms with E-state index in [2.05, 4.69) is 0 Å². The molecule has 0 spiro atoms. The van der Waals surface area contributed by atoms with Crippen molar-refractivity contribution in [3.05, 3.63) is 71.8 Å². The Kier molecular flexibility index (Phi) is 4.17. The normalized spacial score (nSPS) is 14.9. The van der Waals surface area contributed by atoms with Crippen LogP contribution in [0.15, 0.2) is 60.7 Å². The highest BCUT2D eigenvalue weighted by Gasteiger charge is 2.30. The molecule has 0 unspecified atom stereocenters. The summed E-state index contributed by atoms with van der Waals surface area (Å²) in [5.74, 6) is -3.44. The Morgan fingerprint density at radius 2 is 1.11 bits per heavy atom. The predicted octanol–water partition coefficient (Wildman–Crippen LogP) is 2.01. The molecule has 5 heteroatoms. The van der Waals surface area contributed by atoms with Crippen molar-refractivity contribution in [2.75, 3.05) is 0 Å². The molecule has 4 nitrogen and oxygen atoms in total. The lowest BCUT2D eigenvalue weighted by molar-refractivity contribution is -0.192. The highest BCUT2D eigenvalue weighted by molar-refractivity contribution is 7.56. The predicted molar refractivity (Wildman–Crippen MR) is 70.4 cm³/mol. The number of aliphatic hydroxyl groups excluding tert-OH is 2. The summed E-state index contributed by atoms with van der Waals surface area (Å²) in [5, 5.41) is 19.9. The third kappa shape index (κ3) is 2.94. The van der Waals surface area contributed by atoms with Crippen LogP contribution in [0.25, 0.3) is 0 Å². The quantitative estimate of drug-likeness (QED) is 0.838. The highest BCUT2D eigenvalue weighted by atomic mass is 31.2. The Morgan fingerprint density at radius 1 is 0.789 bits per heavy atom. The van der Waals surface area contributed by atoms with E-state index in [4.69, 9.17) is 0 Å². The zero-order chi connectivity index (χ0) is 13.9. The number of hydrogen-bond donors (Lipinski definition) is 2. The lowest BCUT2D eigenvalue weighted by Gasteiger charge is -2.33. The zero-order valence-corrected chi connectivity index (χ0v) is 11.0. The Balaban J connectivity index is 2.30. The minimum atomic E-state index is -4.46. The van der Waals surface area contributed by atoms with Gasteiger partial charge in [-0.3, -0.25) is 0 Å². The van der Waals surface area contributed by atoms with Gasteiger partial charge in [-0.2, -0.15) is 0 Å². The first-order valence-corrected chi connectivity index (χ1v) is 7.56. The van der Waals surface area contributed by atoms with Gasteiger partial charge in [-0.15, -0.1) is 0 Å². The zero-order valence-electron chi connectivity index (χ0n) is 10.1. The summed E-state index contributed by atoms with van der Waals surface area (Å²) in [5.41, 5.74) is 0.492. The van der Waals surface area contributed by atoms with Crippen molar-refractivity contribution >= 4 is 7.37 Å². The summed E-state index contributed by atoms with van der Waals surface area (Å²) in [6.45, 7) is 0. The highest BCUT2D eigenvalue weighted by Crippen LogP contribution is 2.59. The van der Waals surface area contributed by atoms with Gasteiger partial charge in [-0.1, -0.05) is 60.7 Å². The molecule has 0 saturated carbocycles. The van der Waals surface area contributed by atoms with Crippen molar-refractivity contribution in [2.45, 2.75) is 11.7 Å². The molecule has 2 rings (SSSR count). The van der Waals surface area contributed by atoms with E-state index in [9.17, 15) is 19.7 Å². The fourth-order valence-electron chi connectivity index (χ4n) is 1.80. The molecule has 0 amide bonds. The molecule has 2 N–H and O–H groups in total. The minimum Gasteiger partial charge on any atom is -0.795 e. The second kappa shape index (κ2) is 5.68. The second-order valence-electron chi connectivity index (χ2n) is 4.21. The van der Waals surface area contributed by atoms with E-state index in [1.54, 1.807) is 36.4 Å². The summed E-state index contributed by atoms with van der Waals surface area (Å²) in [6, 6.07) is 16.0. The molecule has 2 aromatic carbocycles. The summed E-state index contributed by atoms with van der Waals surface area (Å²) in [4.78, 5) is 12.2. The van der Waals surface area contributed by atoms with E-state index < -0.39 is 19.1 Å². The first-order chi connectivity index (χ1) is 9.03. The molecule has 0 aliphatic rings. The first-order valence-electron chi connectivity index (χ1n) is 5.80. The molecule has 19 heavy (non-hydrogen) atoms. The topological polar surface area (TPSA) is 80.6 Å². The van der Waals surface area contributed by atoms with Gasteiger partial charge in [-0.25, -0.2) is 0 Å². The minimum absolute atomic E-state index is 0.246. The molecular weight excluding hydrogens is 263 g/mol. The van der Waals surface area contributed by atoms with Crippen LogP contribution in [-0.2, 0) is 4.57 Å². The van der Waals surface area contributed by atoms with Crippen molar-refractivity contribution < 1.29 is 19.7 Å². The van der Waals surface area contributed by atoms with Crippen LogP contribution in [0.1, 0.15) is 22.8 Å². The molecule has 0 aliphatic heterocycles. The van der Waals surface area contributed by atoms with Crippen LogP contribution in [0.3, 0.4) is 0 Å². The van der Waals surface area contributed by atoms with E-state index in [1.807, 2.05) is 0 Å². The fraction of sp³-hybridized carbons (Fsp3) is 0.143. The fourth-order valence-corrected chi connectivity index (χ4v) is 3.24. The lowest BCUT2D eigenvalue weighted by Crippen LogP contribution is -2.17. The molecule has 0 saturated heterocycles. The van der Waals surface area contributed by atoms with E-state index in [-0.39, 0.29) is 11.1 Å². The van der Waals surface area contributed by atoms with Gasteiger partial charge < -0.3 is 19.7 Å². The number of benzene rings is 2. The Hall–Kier alpha value is -1.45. The van der Waals surface area contributed by atoms with Gasteiger partial charge >= 0.3 is 0 Å². The van der Waals surface area contributed by atoms with Gasteiger partial charge in [0.1, 0.15) is 11.7 Å². The van der Waals surface area contributed by atoms with Crippen LogP contribution in [0.2, 0.25) is 0 Å². The Labute approximate surface area is 111 Å². The molecule has 2 atom stereocenters. The molecule has 2 aromatic rings. The monoisotopic (exact) mass is 277 g/mol. The maximum absolute atomic E-state index is 12.2. The van der Waals surface area contributed by atoms with Crippen molar-refractivity contribution in [2.24, 2.45) is 0 Å². The van der Waals surface area contributed by atoms with Crippen LogP contribution < -0.4 is 4.89 Å². The van der Waals surface area contributed by atoms with Gasteiger partial charge in [0, 0.05) is 0 Å². The molecule has 0 aliphatic carbocycles. The van der Waals surface area contributed by atoms with Crippen LogP contribution >= 0.6 is 7.37 Å². The van der Waals surface area contributed by atoms with Gasteiger partial charge in [-0.05, 0) is 11.1 Å². The molecule has 0 fully saturated rings. The van der Waals surface area contributed by atoms with E-state index >= 15 is 0 Å². The van der Waals surface area contributed by atoms with Crippen LogP contribution in [-0.4, -0.2) is 10.2 Å². The third-order valence-corrected chi connectivity index (χ3v) is 4.84. The largest absolute Gasteiger partial charge is 0.795 e. The van der Waals surface area contributed by atoms with E-state index in [0.717, 1.165) is 0 Å². The second-order valence-corrected chi connectivity index (χ2v) is 6.48. The molecule has 0 radical (unpaired) electrons. The molecular formula is C14H14O4P-. The van der Waals surface area contributed by atoms with Gasteiger partial charge in [0.15, 0.2) is 0 Å². The molecule has 0 heterocycles. The average molecular weight is 277 g/mol. The first kappa shape index (κ1) is 14.0. The van der Waals surface area contributed by atoms with Gasteiger partial charge in [0.25, 0.3) is 0 Å². The van der Waals surface area contributed by atoms with E-state index in [1.165, 1.54) is 24.3 Å². The Bertz CT molecular complexity index is 521. The Morgan fingerprint density at radius 3 is 1.42 bits per heavy atom. The maximum Gasteiger partial charge on any atom is 0.122 e. The van der Waals surface area contributed by atoms with Gasteiger partial charge in [0.2, 0.25) is 0 Å². The summed E-state index contributed by atoms with van der Waals surface area (Å²) < 4.78 is 12.2. The van der Waals surface area contributed by atoms with Crippen molar-refractivity contribution in [1.29, 1.82) is 0 Å². The molecule has 100 valence electrons. The summed E-state index contributed by atoms with van der Waals surface area (Å²) in [7, 11) is -4.46. The third-order valence-electron chi connectivity index (χ3n) is 2.88. The summed E-state index contributed by atoms with van der Waals surface area (Å²) >= 11 is 0. The van der Waals surface area contributed by atoms with Crippen LogP contribution in [0.4, 0.5) is 0 Å². The van der Waals surface area contributed by atoms with E-state index in [0.29, 0.717) is 0 Å². The average Bonchev–Trinajstić information content (AvgIpc) is 2.47. The number of hydrogen-bond acceptors (Lipinski definition) is 4. The standard InChI is InChI=1S/C14H15O4P/c15-13(11-7-3-1-4-8-11)19(17,18)14(16)12-9-5-2-6-10-12/h1-10,13-16H,(H,17,18)/p-1/t13-,14-/m0/s1. The SMILES string of the molecule is O=P([O-])([C@H](O)c1ccccc1)[C@H](O)c1ccccc1. The van der Waals surface area contributed by atoms with Crippen molar-refractivity contribution in [3.8, 4) is 0 Å². The molecule has 0 aromatic heterocycles. The lowest BCUT2D eigenvalue weighted by atomic mass is 10.2. The number of aliphatic hydroxyl groups is 2.